The molecular weight excluding hydrogens is 600 g/mol. The second-order valence-corrected chi connectivity index (χ2v) is 6.85. The zero-order valence-electron chi connectivity index (χ0n) is 31.7. The van der Waals surface area contributed by atoms with Crippen molar-refractivity contribution in [2.75, 3.05) is 26.4 Å². The number of hydrogen-bond donors (Lipinski definition) is 4. The van der Waals surface area contributed by atoms with Gasteiger partial charge in [-0.1, -0.05) is 76.3 Å². The quantitative estimate of drug-likeness (QED) is 0.0576. The van der Waals surface area contributed by atoms with Gasteiger partial charge in [-0.15, -0.1) is 105 Å². The lowest BCUT2D eigenvalue weighted by atomic mass is 10.0. The number of aliphatic hydroxyl groups excluding tert-OH is 4. The molecule has 48 heavy (non-hydrogen) atoms. The lowest BCUT2D eigenvalue weighted by Gasteiger charge is -2.04. The van der Waals surface area contributed by atoms with Crippen molar-refractivity contribution in [2.45, 2.75) is 72.1 Å². The van der Waals surface area contributed by atoms with E-state index in [2.05, 4.69) is 119 Å². The SMILES string of the molecule is C=C.C=C.C=C.C=C.C=C.C=C.C=C.C=CC.C=CC.C=CC(=O)Oc1ccc(CCCCCCCCC)cc1.OCCO.OCCO. The first-order chi connectivity index (χ1) is 23.4. The van der Waals surface area contributed by atoms with Crippen LogP contribution >= 0.6 is 0 Å². The molecule has 0 spiro atoms. The molecule has 0 radical (unpaired) electrons. The number of carbonyl (C=O) groups excluding carboxylic acids is 1. The van der Waals surface area contributed by atoms with Gasteiger partial charge in [-0.3, -0.25) is 0 Å². The van der Waals surface area contributed by atoms with Gasteiger partial charge in [-0.25, -0.2) is 4.79 Å². The van der Waals surface area contributed by atoms with E-state index in [1.165, 1.54) is 56.6 Å². The summed E-state index contributed by atoms with van der Waals surface area (Å²) < 4.78 is 5.04. The van der Waals surface area contributed by atoms with Crippen LogP contribution in [0, 0.1) is 0 Å². The Bertz CT molecular complexity index is 610. The predicted octanol–water partition coefficient (Wildman–Crippen LogP) is 11.0. The smallest absolute Gasteiger partial charge is 0.335 e. The van der Waals surface area contributed by atoms with E-state index in [1.807, 2.05) is 38.1 Å². The van der Waals surface area contributed by atoms with Crippen molar-refractivity contribution >= 4 is 5.97 Å². The number of aryl methyl sites for hydroxylation is 1. The van der Waals surface area contributed by atoms with Gasteiger partial charge in [0.1, 0.15) is 5.75 Å². The molecule has 1 rings (SSSR count). The summed E-state index contributed by atoms with van der Waals surface area (Å²) >= 11 is 0. The van der Waals surface area contributed by atoms with Crippen molar-refractivity contribution in [1.82, 2.24) is 0 Å². The van der Waals surface area contributed by atoms with E-state index in [0.717, 1.165) is 6.42 Å². The van der Waals surface area contributed by atoms with Crippen molar-refractivity contribution in [1.29, 1.82) is 0 Å². The van der Waals surface area contributed by atoms with Crippen LogP contribution in [0.4, 0.5) is 0 Å². The van der Waals surface area contributed by atoms with Crippen molar-refractivity contribution in [2.24, 2.45) is 0 Å². The number of esters is 1. The zero-order valence-corrected chi connectivity index (χ0v) is 31.7. The minimum absolute atomic E-state index is 0.125. The molecule has 0 saturated heterocycles. The van der Waals surface area contributed by atoms with E-state index in [9.17, 15) is 4.79 Å². The Balaban J connectivity index is -0.0000000449. The summed E-state index contributed by atoms with van der Waals surface area (Å²) in [4.78, 5) is 11.0. The number of ether oxygens (including phenoxy) is 1. The van der Waals surface area contributed by atoms with Gasteiger partial charge in [-0.05, 0) is 44.4 Å². The average Bonchev–Trinajstić information content (AvgIpc) is 3.18. The lowest BCUT2D eigenvalue weighted by Crippen LogP contribution is -2.02. The summed E-state index contributed by atoms with van der Waals surface area (Å²) in [7, 11) is 0. The number of unbranched alkanes of at least 4 members (excludes halogenated alkanes) is 6. The number of benzene rings is 1. The van der Waals surface area contributed by atoms with Gasteiger partial charge in [0, 0.05) is 6.08 Å². The van der Waals surface area contributed by atoms with E-state index in [-0.39, 0.29) is 26.4 Å². The van der Waals surface area contributed by atoms with E-state index in [0.29, 0.717) is 5.75 Å². The molecule has 0 aliphatic carbocycles. The van der Waals surface area contributed by atoms with Gasteiger partial charge >= 0.3 is 5.97 Å². The Labute approximate surface area is 299 Å². The Morgan fingerprint density at radius 3 is 1.08 bits per heavy atom. The maximum Gasteiger partial charge on any atom is 0.335 e. The lowest BCUT2D eigenvalue weighted by molar-refractivity contribution is -0.128. The molecule has 0 aliphatic heterocycles. The van der Waals surface area contributed by atoms with Crippen molar-refractivity contribution in [3.63, 3.8) is 0 Å². The minimum Gasteiger partial charge on any atom is -0.423 e. The number of allylic oxidation sites excluding steroid dienone is 2. The Hall–Kier alpha value is -4.07. The van der Waals surface area contributed by atoms with Crippen LogP contribution in [-0.2, 0) is 11.2 Å². The van der Waals surface area contributed by atoms with Crippen molar-refractivity contribution in [3.05, 3.63) is 160 Å². The van der Waals surface area contributed by atoms with Gasteiger partial charge in [-0.2, -0.15) is 0 Å². The average molecular weight is 679 g/mol. The van der Waals surface area contributed by atoms with Crippen LogP contribution in [0.1, 0.15) is 71.3 Å². The van der Waals surface area contributed by atoms with Crippen molar-refractivity contribution in [3.8, 4) is 5.75 Å². The fourth-order valence-corrected chi connectivity index (χ4v) is 2.17. The van der Waals surface area contributed by atoms with Crippen LogP contribution < -0.4 is 4.74 Å². The summed E-state index contributed by atoms with van der Waals surface area (Å²) in [5, 5.41) is 30.5. The largest absolute Gasteiger partial charge is 0.423 e. The molecule has 0 bridgehead atoms. The minimum atomic E-state index is -0.412. The van der Waals surface area contributed by atoms with Crippen LogP contribution in [0.5, 0.6) is 5.75 Å². The second kappa shape index (κ2) is 121. The molecule has 6 heteroatoms. The summed E-state index contributed by atoms with van der Waals surface area (Å²) in [5.74, 6) is 0.169. The Morgan fingerprint density at radius 2 is 0.833 bits per heavy atom. The van der Waals surface area contributed by atoms with Crippen LogP contribution in [0.2, 0.25) is 0 Å². The third kappa shape index (κ3) is 134. The normalized spacial score (nSPS) is 6.65. The molecule has 0 amide bonds. The van der Waals surface area contributed by atoms with Crippen LogP contribution in [0.25, 0.3) is 0 Å². The molecule has 6 nitrogen and oxygen atoms in total. The Morgan fingerprint density at radius 1 is 0.562 bits per heavy atom. The third-order valence-corrected chi connectivity index (χ3v) is 3.58. The standard InChI is InChI=1S/C18H26O2.2C3H6.2C2H6O2.7C2H4/c1-3-5-6-7-8-9-10-11-16-12-14-17(15-13-16)20-18(19)4-2;2*1-3-2;2*3-1-2-4;7*1-2/h4,12-15H,2-3,5-11H2,1H3;2*3H,1H2,2H3;2*3-4H,1-2H2;7*1-2H2. The van der Waals surface area contributed by atoms with Gasteiger partial charge in [0.2, 0.25) is 0 Å². The van der Waals surface area contributed by atoms with E-state index in [4.69, 9.17) is 25.2 Å². The molecule has 282 valence electrons. The molecule has 1 aromatic rings. The fourth-order valence-electron chi connectivity index (χ4n) is 2.17. The third-order valence-electron chi connectivity index (χ3n) is 3.58. The highest BCUT2D eigenvalue weighted by Crippen LogP contribution is 2.15. The maximum absolute atomic E-state index is 11.0. The number of hydrogen-bond acceptors (Lipinski definition) is 6. The van der Waals surface area contributed by atoms with Gasteiger partial charge in [0.05, 0.1) is 26.4 Å². The van der Waals surface area contributed by atoms with Crippen molar-refractivity contribution < 1.29 is 30.0 Å². The summed E-state index contributed by atoms with van der Waals surface area (Å²) in [5.41, 5.74) is 1.30. The topological polar surface area (TPSA) is 107 Å². The van der Waals surface area contributed by atoms with Gasteiger partial charge in [0.15, 0.2) is 0 Å². The summed E-state index contributed by atoms with van der Waals surface area (Å²) in [6.07, 6.45) is 15.1. The molecule has 0 heterocycles. The van der Waals surface area contributed by atoms with Crippen LogP contribution in [0.3, 0.4) is 0 Å². The molecule has 0 unspecified atom stereocenters. The predicted molar refractivity (Wildman–Crippen MR) is 223 cm³/mol. The molecule has 0 aliphatic rings. The molecule has 0 aromatic heterocycles. The number of rotatable bonds is 12. The van der Waals surface area contributed by atoms with E-state index >= 15 is 0 Å². The molecule has 0 saturated carbocycles. The van der Waals surface area contributed by atoms with Gasteiger partial charge in [0.25, 0.3) is 0 Å². The number of carbonyl (C=O) groups is 1. The highest BCUT2D eigenvalue weighted by atomic mass is 16.5. The van der Waals surface area contributed by atoms with E-state index in [1.54, 1.807) is 12.2 Å². The van der Waals surface area contributed by atoms with E-state index < -0.39 is 5.97 Å². The number of aliphatic hydroxyl groups is 4. The zero-order chi connectivity index (χ0) is 40.9. The fraction of sp³-hybridized carbons (Fsp3) is 0.357. The molecule has 0 atom stereocenters. The highest BCUT2D eigenvalue weighted by Gasteiger charge is 2.00. The van der Waals surface area contributed by atoms with Crippen LogP contribution in [0.15, 0.2) is 154 Å². The monoisotopic (exact) mass is 679 g/mol. The highest BCUT2D eigenvalue weighted by molar-refractivity contribution is 5.83. The first-order valence-corrected chi connectivity index (χ1v) is 15.4. The second-order valence-electron chi connectivity index (χ2n) is 6.85. The Kier molecular flexibility index (Phi) is 189. The molecule has 1 aromatic carbocycles. The molecule has 4 N–H and O–H groups in total. The summed E-state index contributed by atoms with van der Waals surface area (Å²) in [6, 6.07) is 7.75. The van der Waals surface area contributed by atoms with Crippen LogP contribution in [-0.4, -0.2) is 52.8 Å². The maximum atomic E-state index is 11.0. The molecular formula is C42H78O6. The van der Waals surface area contributed by atoms with Gasteiger partial charge < -0.3 is 25.2 Å². The first-order valence-electron chi connectivity index (χ1n) is 15.4. The summed E-state index contributed by atoms with van der Waals surface area (Å²) in [6.45, 7) is 57.6. The molecule has 0 fully saturated rings. The first kappa shape index (κ1) is 74.7.